The van der Waals surface area contributed by atoms with E-state index in [1.54, 1.807) is 7.11 Å². The van der Waals surface area contributed by atoms with Crippen LogP contribution >= 0.6 is 0 Å². The summed E-state index contributed by atoms with van der Waals surface area (Å²) in [6.07, 6.45) is 1.47. The Hall–Kier alpha value is -1.91. The van der Waals surface area contributed by atoms with Gasteiger partial charge >= 0.3 is 6.09 Å². The number of carboxylic acid groups (broad SMARTS) is 1. The number of rotatable bonds is 3. The summed E-state index contributed by atoms with van der Waals surface area (Å²) < 4.78 is 5.26. The van der Waals surface area contributed by atoms with Crippen molar-refractivity contribution in [2.24, 2.45) is 11.8 Å². The molecule has 0 spiro atoms. The van der Waals surface area contributed by atoms with Crippen LogP contribution in [0.2, 0.25) is 0 Å². The molecular formula is C15H20N2O3. The smallest absolute Gasteiger partial charge is 0.405 e. The van der Waals surface area contributed by atoms with Crippen LogP contribution in [-0.4, -0.2) is 24.4 Å². The molecule has 0 radical (unpaired) electrons. The summed E-state index contributed by atoms with van der Waals surface area (Å²) in [5.74, 6) is 1.68. The lowest BCUT2D eigenvalue weighted by molar-refractivity contribution is 0.181. The standard InChI is InChI=1S/C15H20N2O3/c1-8-13(9-3-4-9)16-12-7-10(20-2)5-6-11(12)14(8)17-15(18)19/h5-9,13-14,16-17H,3-4H2,1-2H3,(H,18,19)/t8-,13+,14+/m0/s1. The van der Waals surface area contributed by atoms with Gasteiger partial charge in [-0.1, -0.05) is 13.0 Å². The molecule has 0 unspecified atom stereocenters. The van der Waals surface area contributed by atoms with Crippen molar-refractivity contribution in [3.8, 4) is 5.75 Å². The number of benzene rings is 1. The molecule has 1 saturated carbocycles. The minimum atomic E-state index is -0.972. The Morgan fingerprint density at radius 2 is 2.20 bits per heavy atom. The molecule has 20 heavy (non-hydrogen) atoms. The van der Waals surface area contributed by atoms with Gasteiger partial charge in [0.05, 0.1) is 13.2 Å². The number of ether oxygens (including phenoxy) is 1. The van der Waals surface area contributed by atoms with E-state index in [2.05, 4.69) is 17.6 Å². The van der Waals surface area contributed by atoms with E-state index in [0.717, 1.165) is 17.0 Å². The number of hydrogen-bond acceptors (Lipinski definition) is 3. The molecule has 1 amide bonds. The molecular weight excluding hydrogens is 256 g/mol. The van der Waals surface area contributed by atoms with Crippen molar-refractivity contribution in [1.29, 1.82) is 0 Å². The monoisotopic (exact) mass is 276 g/mol. The van der Waals surface area contributed by atoms with E-state index in [1.165, 1.54) is 12.8 Å². The first-order chi connectivity index (χ1) is 9.60. The molecule has 1 aromatic carbocycles. The van der Waals surface area contributed by atoms with Gasteiger partial charge in [-0.3, -0.25) is 0 Å². The molecule has 1 aromatic rings. The maximum absolute atomic E-state index is 11.1. The van der Waals surface area contributed by atoms with Crippen molar-refractivity contribution in [1.82, 2.24) is 5.32 Å². The molecule has 1 aliphatic heterocycles. The molecule has 1 fully saturated rings. The second-order valence-electron chi connectivity index (χ2n) is 5.75. The number of amides is 1. The van der Waals surface area contributed by atoms with Crippen molar-refractivity contribution in [2.75, 3.05) is 12.4 Å². The SMILES string of the molecule is COc1ccc2c(c1)N[C@@H](C1CC1)[C@H](C)[C@H]2NC(=O)O. The van der Waals surface area contributed by atoms with Gasteiger partial charge in [0.1, 0.15) is 5.75 Å². The van der Waals surface area contributed by atoms with Gasteiger partial charge in [-0.15, -0.1) is 0 Å². The van der Waals surface area contributed by atoms with Crippen molar-refractivity contribution >= 4 is 11.8 Å². The van der Waals surface area contributed by atoms with Crippen LogP contribution in [0.4, 0.5) is 10.5 Å². The third kappa shape index (κ3) is 2.28. The molecule has 3 rings (SSSR count). The normalized spacial score (nSPS) is 28.2. The third-order valence-corrected chi connectivity index (χ3v) is 4.42. The zero-order chi connectivity index (χ0) is 14.3. The van der Waals surface area contributed by atoms with Crippen LogP contribution in [0.1, 0.15) is 31.4 Å². The minimum Gasteiger partial charge on any atom is -0.497 e. The summed E-state index contributed by atoms with van der Waals surface area (Å²) >= 11 is 0. The van der Waals surface area contributed by atoms with Crippen LogP contribution in [0.15, 0.2) is 18.2 Å². The van der Waals surface area contributed by atoms with Crippen LogP contribution in [0, 0.1) is 11.8 Å². The van der Waals surface area contributed by atoms with E-state index >= 15 is 0 Å². The summed E-state index contributed by atoms with van der Waals surface area (Å²) in [6, 6.07) is 5.93. The minimum absolute atomic E-state index is 0.166. The van der Waals surface area contributed by atoms with E-state index in [4.69, 9.17) is 9.84 Å². The van der Waals surface area contributed by atoms with Crippen LogP contribution in [-0.2, 0) is 0 Å². The lowest BCUT2D eigenvalue weighted by Gasteiger charge is -2.39. The highest BCUT2D eigenvalue weighted by molar-refractivity contribution is 5.68. The third-order valence-electron chi connectivity index (χ3n) is 4.42. The Labute approximate surface area is 118 Å². The molecule has 2 aliphatic rings. The molecule has 5 heteroatoms. The first-order valence-electron chi connectivity index (χ1n) is 7.04. The van der Waals surface area contributed by atoms with E-state index in [9.17, 15) is 4.79 Å². The van der Waals surface area contributed by atoms with Gasteiger partial charge < -0.3 is 20.5 Å². The quantitative estimate of drug-likeness (QED) is 0.794. The van der Waals surface area contributed by atoms with Gasteiger partial charge in [0.15, 0.2) is 0 Å². The van der Waals surface area contributed by atoms with Gasteiger partial charge in [-0.25, -0.2) is 4.79 Å². The first kappa shape index (κ1) is 13.1. The van der Waals surface area contributed by atoms with Crippen molar-refractivity contribution in [3.05, 3.63) is 23.8 Å². The average molecular weight is 276 g/mol. The highest BCUT2D eigenvalue weighted by atomic mass is 16.5. The Kier molecular flexibility index (Phi) is 3.20. The summed E-state index contributed by atoms with van der Waals surface area (Å²) in [4.78, 5) is 11.1. The van der Waals surface area contributed by atoms with Gasteiger partial charge in [0.2, 0.25) is 0 Å². The summed E-state index contributed by atoms with van der Waals surface area (Å²) in [6.45, 7) is 2.11. The van der Waals surface area contributed by atoms with Gasteiger partial charge in [0.25, 0.3) is 0 Å². The van der Waals surface area contributed by atoms with E-state index in [0.29, 0.717) is 12.0 Å². The number of hydrogen-bond donors (Lipinski definition) is 3. The van der Waals surface area contributed by atoms with Gasteiger partial charge in [-0.05, 0) is 30.4 Å². The van der Waals surface area contributed by atoms with Crippen LogP contribution in [0.25, 0.3) is 0 Å². The van der Waals surface area contributed by atoms with Gasteiger partial charge in [0, 0.05) is 23.7 Å². The number of nitrogens with one attached hydrogen (secondary N) is 2. The molecule has 5 nitrogen and oxygen atoms in total. The second kappa shape index (κ2) is 4.89. The summed E-state index contributed by atoms with van der Waals surface area (Å²) in [7, 11) is 1.64. The fourth-order valence-corrected chi connectivity index (χ4v) is 3.20. The fourth-order valence-electron chi connectivity index (χ4n) is 3.20. The Bertz CT molecular complexity index is 528. The Morgan fingerprint density at radius 1 is 1.45 bits per heavy atom. The number of methoxy groups -OCH3 is 1. The fraction of sp³-hybridized carbons (Fsp3) is 0.533. The van der Waals surface area contributed by atoms with E-state index in [-0.39, 0.29) is 12.0 Å². The number of anilines is 1. The molecule has 3 N–H and O–H groups in total. The summed E-state index contributed by atoms with van der Waals surface area (Å²) in [5.41, 5.74) is 1.98. The Morgan fingerprint density at radius 3 is 2.80 bits per heavy atom. The molecule has 108 valence electrons. The van der Waals surface area contributed by atoms with Crippen molar-refractivity contribution < 1.29 is 14.6 Å². The second-order valence-corrected chi connectivity index (χ2v) is 5.75. The maximum Gasteiger partial charge on any atom is 0.405 e. The van der Waals surface area contributed by atoms with Crippen LogP contribution in [0.5, 0.6) is 5.75 Å². The molecule has 1 aliphatic carbocycles. The molecule has 0 bridgehead atoms. The first-order valence-corrected chi connectivity index (χ1v) is 7.04. The Balaban J connectivity index is 1.97. The average Bonchev–Trinajstić information content (AvgIpc) is 3.25. The largest absolute Gasteiger partial charge is 0.497 e. The molecule has 3 atom stereocenters. The predicted molar refractivity (Wildman–Crippen MR) is 76.2 cm³/mol. The lowest BCUT2D eigenvalue weighted by atomic mass is 9.81. The van der Waals surface area contributed by atoms with E-state index in [1.807, 2.05) is 18.2 Å². The molecule has 1 heterocycles. The van der Waals surface area contributed by atoms with Crippen LogP contribution < -0.4 is 15.4 Å². The highest BCUT2D eigenvalue weighted by Crippen LogP contribution is 2.46. The highest BCUT2D eigenvalue weighted by Gasteiger charge is 2.42. The van der Waals surface area contributed by atoms with E-state index < -0.39 is 6.09 Å². The maximum atomic E-state index is 11.1. The molecule has 0 saturated heterocycles. The topological polar surface area (TPSA) is 70.6 Å². The van der Waals surface area contributed by atoms with Gasteiger partial charge in [-0.2, -0.15) is 0 Å². The van der Waals surface area contributed by atoms with Crippen LogP contribution in [0.3, 0.4) is 0 Å². The zero-order valence-corrected chi connectivity index (χ0v) is 11.7. The summed E-state index contributed by atoms with van der Waals surface area (Å²) in [5, 5.41) is 15.3. The molecule has 0 aromatic heterocycles. The number of carbonyl (C=O) groups is 1. The van der Waals surface area contributed by atoms with Crippen molar-refractivity contribution in [3.63, 3.8) is 0 Å². The number of fused-ring (bicyclic) bond motifs is 1. The van der Waals surface area contributed by atoms with Crippen molar-refractivity contribution in [2.45, 2.75) is 31.8 Å². The predicted octanol–water partition coefficient (Wildman–Crippen LogP) is 2.84. The zero-order valence-electron chi connectivity index (χ0n) is 11.7. The lowest BCUT2D eigenvalue weighted by Crippen LogP contribution is -2.44.